The fraction of sp³-hybridized carbons (Fsp3) is 0. The smallest absolute Gasteiger partial charge is 0.136 e. The number of rotatable bonds is 3. The van der Waals surface area contributed by atoms with Crippen LogP contribution in [-0.4, -0.2) is 14.5 Å². The van der Waals surface area contributed by atoms with Gasteiger partial charge in [0, 0.05) is 43.7 Å². The Kier molecular flexibility index (Phi) is 4.69. The third-order valence-corrected chi connectivity index (χ3v) is 8.92. The van der Waals surface area contributed by atoms with E-state index in [0.29, 0.717) is 0 Å². The lowest BCUT2D eigenvalue weighted by atomic mass is 9.99. The second-order valence-corrected chi connectivity index (χ2v) is 11.4. The van der Waals surface area contributed by atoms with Crippen LogP contribution in [0.2, 0.25) is 0 Å². The van der Waals surface area contributed by atoms with Crippen molar-refractivity contribution in [3.63, 3.8) is 0 Å². The maximum atomic E-state index is 6.42. The van der Waals surface area contributed by atoms with E-state index in [9.17, 15) is 0 Å². The summed E-state index contributed by atoms with van der Waals surface area (Å²) in [6.07, 6.45) is 0. The van der Waals surface area contributed by atoms with Crippen LogP contribution in [0.5, 0.6) is 0 Å². The molecule has 0 amide bonds. The highest BCUT2D eigenvalue weighted by molar-refractivity contribution is 6.30. The monoisotopic (exact) mass is 561 g/mol. The molecule has 0 spiro atoms. The SMILES string of the molecule is c1ccc(-c2nc3ccc(-n4c5ccccc5c5cc6oc7cccc8ccc(c6c87)c54)cc3nc2-c2ccccc2)cc1. The Bertz CT molecular complexity index is 2700. The zero-order valence-electron chi connectivity index (χ0n) is 23.5. The zero-order chi connectivity index (χ0) is 28.8. The molecule has 3 heterocycles. The summed E-state index contributed by atoms with van der Waals surface area (Å²) in [7, 11) is 0. The number of hydrogen-bond donors (Lipinski definition) is 0. The molecule has 0 aliphatic rings. The highest BCUT2D eigenvalue weighted by atomic mass is 16.3. The molecule has 10 rings (SSSR count). The van der Waals surface area contributed by atoms with Gasteiger partial charge in [-0.3, -0.25) is 0 Å². The van der Waals surface area contributed by atoms with Crippen molar-refractivity contribution < 1.29 is 4.42 Å². The second kappa shape index (κ2) is 8.76. The summed E-state index contributed by atoms with van der Waals surface area (Å²) in [4.78, 5) is 10.5. The van der Waals surface area contributed by atoms with Crippen molar-refractivity contribution in [3.8, 4) is 28.2 Å². The van der Waals surface area contributed by atoms with Crippen LogP contribution >= 0.6 is 0 Å². The van der Waals surface area contributed by atoms with Gasteiger partial charge in [0.2, 0.25) is 0 Å². The lowest BCUT2D eigenvalue weighted by molar-refractivity contribution is 0.670. The molecule has 0 saturated heterocycles. The number of furan rings is 1. The van der Waals surface area contributed by atoms with E-state index < -0.39 is 0 Å². The number of aromatic nitrogens is 3. The molecule has 204 valence electrons. The first-order chi connectivity index (χ1) is 21.8. The number of para-hydroxylation sites is 1. The summed E-state index contributed by atoms with van der Waals surface area (Å²) in [6, 6.07) is 48.7. The molecule has 44 heavy (non-hydrogen) atoms. The minimum Gasteiger partial charge on any atom is -0.456 e. The predicted octanol–water partition coefficient (Wildman–Crippen LogP) is 10.6. The lowest BCUT2D eigenvalue weighted by Crippen LogP contribution is -1.98. The Balaban J connectivity index is 1.29. The van der Waals surface area contributed by atoms with Gasteiger partial charge in [0.1, 0.15) is 11.2 Å². The second-order valence-electron chi connectivity index (χ2n) is 11.4. The molecule has 0 unspecified atom stereocenters. The fourth-order valence-electron chi connectivity index (χ4n) is 7.01. The first-order valence-corrected chi connectivity index (χ1v) is 14.8. The third-order valence-electron chi connectivity index (χ3n) is 8.92. The van der Waals surface area contributed by atoms with Gasteiger partial charge in [-0.1, -0.05) is 103 Å². The van der Waals surface area contributed by atoms with Crippen LogP contribution in [0.15, 0.2) is 144 Å². The van der Waals surface area contributed by atoms with Crippen molar-refractivity contribution in [3.05, 3.63) is 140 Å². The maximum Gasteiger partial charge on any atom is 0.136 e. The number of hydrogen-bond acceptors (Lipinski definition) is 3. The van der Waals surface area contributed by atoms with Crippen LogP contribution in [0.1, 0.15) is 0 Å². The average molecular weight is 562 g/mol. The summed E-state index contributed by atoms with van der Waals surface area (Å²) in [6.45, 7) is 0. The molecule has 0 aliphatic heterocycles. The topological polar surface area (TPSA) is 43.9 Å². The van der Waals surface area contributed by atoms with Crippen LogP contribution in [-0.2, 0) is 0 Å². The van der Waals surface area contributed by atoms with Gasteiger partial charge in [-0.15, -0.1) is 0 Å². The minimum atomic E-state index is 0.855. The van der Waals surface area contributed by atoms with Crippen LogP contribution < -0.4 is 0 Å². The molecule has 7 aromatic carbocycles. The molecule has 0 aliphatic carbocycles. The van der Waals surface area contributed by atoms with Gasteiger partial charge in [-0.25, -0.2) is 9.97 Å². The van der Waals surface area contributed by atoms with E-state index in [2.05, 4.69) is 120 Å². The molecule has 0 radical (unpaired) electrons. The predicted molar refractivity (Wildman–Crippen MR) is 181 cm³/mol. The molecular formula is C40H23N3O. The van der Waals surface area contributed by atoms with Gasteiger partial charge in [0.15, 0.2) is 0 Å². The summed E-state index contributed by atoms with van der Waals surface area (Å²) in [5.74, 6) is 0. The Labute approximate surface area is 251 Å². The summed E-state index contributed by atoms with van der Waals surface area (Å²) in [5, 5.41) is 7.10. The van der Waals surface area contributed by atoms with Crippen molar-refractivity contribution in [1.29, 1.82) is 0 Å². The van der Waals surface area contributed by atoms with Gasteiger partial charge in [-0.2, -0.15) is 0 Å². The van der Waals surface area contributed by atoms with Crippen molar-refractivity contribution in [2.75, 3.05) is 0 Å². The summed E-state index contributed by atoms with van der Waals surface area (Å²) >= 11 is 0. The molecule has 0 bridgehead atoms. The first-order valence-electron chi connectivity index (χ1n) is 14.8. The van der Waals surface area contributed by atoms with Gasteiger partial charge < -0.3 is 8.98 Å². The molecule has 4 heteroatoms. The van der Waals surface area contributed by atoms with E-state index in [1.54, 1.807) is 0 Å². The van der Waals surface area contributed by atoms with Crippen molar-refractivity contribution in [2.24, 2.45) is 0 Å². The largest absolute Gasteiger partial charge is 0.456 e. The Hall–Kier alpha value is -6.00. The highest BCUT2D eigenvalue weighted by Gasteiger charge is 2.21. The van der Waals surface area contributed by atoms with E-state index in [1.165, 1.54) is 37.8 Å². The third kappa shape index (κ3) is 3.22. The van der Waals surface area contributed by atoms with Gasteiger partial charge in [0.05, 0.1) is 33.5 Å². The van der Waals surface area contributed by atoms with E-state index in [4.69, 9.17) is 14.4 Å². The van der Waals surface area contributed by atoms with E-state index in [1.807, 2.05) is 24.3 Å². The van der Waals surface area contributed by atoms with E-state index in [0.717, 1.165) is 55.9 Å². The molecule has 10 aromatic rings. The maximum absolute atomic E-state index is 6.42. The van der Waals surface area contributed by atoms with Crippen molar-refractivity contribution >= 4 is 65.6 Å². The van der Waals surface area contributed by atoms with E-state index >= 15 is 0 Å². The molecule has 4 nitrogen and oxygen atoms in total. The Morgan fingerprint density at radius 3 is 2.00 bits per heavy atom. The molecular weight excluding hydrogens is 538 g/mol. The van der Waals surface area contributed by atoms with Crippen molar-refractivity contribution in [1.82, 2.24) is 14.5 Å². The number of benzene rings is 7. The van der Waals surface area contributed by atoms with Gasteiger partial charge in [0.25, 0.3) is 0 Å². The Morgan fingerprint density at radius 2 is 1.20 bits per heavy atom. The number of fused-ring (bicyclic) bond motifs is 5. The van der Waals surface area contributed by atoms with Crippen molar-refractivity contribution in [2.45, 2.75) is 0 Å². The van der Waals surface area contributed by atoms with Crippen LogP contribution in [0.3, 0.4) is 0 Å². The molecule has 0 atom stereocenters. The quantitative estimate of drug-likeness (QED) is 0.202. The first kappa shape index (κ1) is 23.6. The molecule has 3 aromatic heterocycles. The van der Waals surface area contributed by atoms with Crippen LogP contribution in [0.25, 0.3) is 93.8 Å². The lowest BCUT2D eigenvalue weighted by Gasteiger charge is -2.13. The summed E-state index contributed by atoms with van der Waals surface area (Å²) in [5.41, 5.74) is 10.8. The van der Waals surface area contributed by atoms with Gasteiger partial charge in [-0.05, 0) is 41.8 Å². The van der Waals surface area contributed by atoms with Crippen LogP contribution in [0, 0.1) is 0 Å². The average Bonchev–Trinajstić information content (AvgIpc) is 3.63. The summed E-state index contributed by atoms with van der Waals surface area (Å²) < 4.78 is 8.80. The normalized spacial score (nSPS) is 12.1. The minimum absolute atomic E-state index is 0.855. The van der Waals surface area contributed by atoms with Gasteiger partial charge >= 0.3 is 0 Å². The standard InChI is InChI=1S/C40H23N3O/c1-3-10-25(11-4-1)38-39(26-12-5-2-6-13-26)42-32-22-27(19-21-31(32)41-38)43-33-16-8-7-15-28(33)30-23-35-37-29(40(30)43)20-18-24-14-9-17-34(44-35)36(24)37/h1-23H. The zero-order valence-corrected chi connectivity index (χ0v) is 23.5. The fourth-order valence-corrected chi connectivity index (χ4v) is 7.01. The molecule has 0 fully saturated rings. The van der Waals surface area contributed by atoms with E-state index in [-0.39, 0.29) is 0 Å². The van der Waals surface area contributed by atoms with Crippen LogP contribution in [0.4, 0.5) is 0 Å². The molecule has 0 saturated carbocycles. The Morgan fingerprint density at radius 1 is 0.477 bits per heavy atom. The molecule has 0 N–H and O–H groups in total. The highest BCUT2D eigenvalue weighted by Crippen LogP contribution is 2.44. The number of nitrogens with zero attached hydrogens (tertiary/aromatic N) is 3.